The molecule has 0 unspecified atom stereocenters. The van der Waals surface area contributed by atoms with Gasteiger partial charge in [-0.25, -0.2) is 14.6 Å². The molecule has 0 aliphatic rings. The number of thiophene rings is 1. The molecule has 0 spiro atoms. The molecule has 0 radical (unpaired) electrons. The van der Waals surface area contributed by atoms with Crippen LogP contribution in [0.4, 0.5) is 13.2 Å². The minimum absolute atomic E-state index is 0.0472. The summed E-state index contributed by atoms with van der Waals surface area (Å²) < 4.78 is 41.1. The fraction of sp³-hybridized carbons (Fsp3) is 0.0625. The number of aromatic nitrogens is 6. The number of hydrogen-bond donors (Lipinski definition) is 1. The van der Waals surface area contributed by atoms with E-state index in [0.717, 1.165) is 22.7 Å². The van der Waals surface area contributed by atoms with Gasteiger partial charge in [-0.2, -0.15) is 13.2 Å². The van der Waals surface area contributed by atoms with Crippen molar-refractivity contribution in [2.45, 2.75) is 16.4 Å². The molecule has 2 N–H and O–H groups in total. The maximum Gasteiger partial charge on any atom is 0.433 e. The van der Waals surface area contributed by atoms with Gasteiger partial charge in [-0.3, -0.25) is 4.98 Å². The van der Waals surface area contributed by atoms with E-state index < -0.39 is 11.9 Å². The number of alkyl halides is 3. The van der Waals surface area contributed by atoms with Crippen LogP contribution in [0.1, 0.15) is 5.69 Å². The molecule has 12 heteroatoms. The Morgan fingerprint density at radius 3 is 2.54 bits per heavy atom. The van der Waals surface area contributed by atoms with Gasteiger partial charge in [0.2, 0.25) is 5.16 Å². The normalized spacial score (nSPS) is 11.7. The first-order chi connectivity index (χ1) is 13.4. The average Bonchev–Trinajstić information content (AvgIpc) is 3.32. The van der Waals surface area contributed by atoms with Crippen molar-refractivity contribution in [2.75, 3.05) is 5.84 Å². The zero-order chi connectivity index (χ0) is 19.7. The third-order valence-electron chi connectivity index (χ3n) is 3.53. The summed E-state index contributed by atoms with van der Waals surface area (Å²) >= 11 is 2.30. The number of nitrogens with zero attached hydrogens (tertiary/aromatic N) is 6. The van der Waals surface area contributed by atoms with Crippen LogP contribution in [0.15, 0.2) is 58.3 Å². The summed E-state index contributed by atoms with van der Waals surface area (Å²) in [6.45, 7) is 0. The Morgan fingerprint density at radius 1 is 1.07 bits per heavy atom. The minimum Gasteiger partial charge on any atom is -0.335 e. The third-order valence-corrected chi connectivity index (χ3v) is 5.28. The van der Waals surface area contributed by atoms with Crippen molar-refractivity contribution in [3.8, 4) is 22.1 Å². The van der Waals surface area contributed by atoms with Crippen LogP contribution in [0, 0.1) is 0 Å². The van der Waals surface area contributed by atoms with Crippen molar-refractivity contribution in [1.29, 1.82) is 0 Å². The summed E-state index contributed by atoms with van der Waals surface area (Å²) in [7, 11) is 0. The van der Waals surface area contributed by atoms with Crippen LogP contribution >= 0.6 is 23.1 Å². The highest BCUT2D eigenvalue weighted by atomic mass is 32.2. The summed E-state index contributed by atoms with van der Waals surface area (Å²) in [4.78, 5) is 12.5. The Balaban J connectivity index is 1.74. The molecule has 0 saturated carbocycles. The first kappa shape index (κ1) is 18.4. The Labute approximate surface area is 164 Å². The summed E-state index contributed by atoms with van der Waals surface area (Å²) in [5, 5.41) is 10.1. The van der Waals surface area contributed by atoms with E-state index in [-0.39, 0.29) is 16.0 Å². The summed E-state index contributed by atoms with van der Waals surface area (Å²) in [5.74, 6) is 6.36. The molecule has 0 amide bonds. The van der Waals surface area contributed by atoms with E-state index >= 15 is 0 Å². The number of hydrogen-bond acceptors (Lipinski definition) is 8. The smallest absolute Gasteiger partial charge is 0.335 e. The standard InChI is InChI=1S/C16H10F3N7S2/c17-16(18,19)11-8-12(23-13(22-11)9-3-5-21-6-4-9)28-15-25-24-14(26(15)20)10-2-1-7-27-10/h1-8H,20H2. The molecule has 7 nitrogen and oxygen atoms in total. The number of nitrogen functional groups attached to an aromatic ring is 1. The van der Waals surface area contributed by atoms with Crippen molar-refractivity contribution < 1.29 is 13.2 Å². The molecular weight excluding hydrogens is 411 g/mol. The molecule has 28 heavy (non-hydrogen) atoms. The largest absolute Gasteiger partial charge is 0.433 e. The van der Waals surface area contributed by atoms with Gasteiger partial charge in [-0.1, -0.05) is 6.07 Å². The molecule has 0 fully saturated rings. The van der Waals surface area contributed by atoms with E-state index in [0.29, 0.717) is 11.4 Å². The molecule has 4 aromatic rings. The predicted octanol–water partition coefficient (Wildman–Crippen LogP) is 3.74. The lowest BCUT2D eigenvalue weighted by Gasteiger charge is -2.10. The second-order valence-electron chi connectivity index (χ2n) is 5.40. The Morgan fingerprint density at radius 2 is 1.86 bits per heavy atom. The molecule has 4 heterocycles. The molecule has 142 valence electrons. The SMILES string of the molecule is Nn1c(Sc2cc(C(F)(F)F)nc(-c3ccncc3)n2)nnc1-c1cccs1. The fourth-order valence-corrected chi connectivity index (χ4v) is 3.73. The first-order valence-electron chi connectivity index (χ1n) is 7.71. The number of halogens is 3. The third kappa shape index (κ3) is 3.68. The van der Waals surface area contributed by atoms with Gasteiger partial charge < -0.3 is 5.84 Å². The molecular formula is C16H10F3N7S2. The van der Waals surface area contributed by atoms with E-state index in [2.05, 4.69) is 25.1 Å². The van der Waals surface area contributed by atoms with Crippen molar-refractivity contribution in [3.05, 3.63) is 53.8 Å². The van der Waals surface area contributed by atoms with Crippen LogP contribution in [0.25, 0.3) is 22.1 Å². The summed E-state index contributed by atoms with van der Waals surface area (Å²) in [6.07, 6.45) is -1.72. The van der Waals surface area contributed by atoms with Crippen LogP contribution in [-0.2, 0) is 6.18 Å². The first-order valence-corrected chi connectivity index (χ1v) is 9.40. The van der Waals surface area contributed by atoms with Crippen LogP contribution < -0.4 is 5.84 Å². The topological polar surface area (TPSA) is 95.4 Å². The van der Waals surface area contributed by atoms with E-state index in [1.54, 1.807) is 0 Å². The highest BCUT2D eigenvalue weighted by molar-refractivity contribution is 7.99. The monoisotopic (exact) mass is 421 g/mol. The summed E-state index contributed by atoms with van der Waals surface area (Å²) in [6, 6.07) is 7.58. The highest BCUT2D eigenvalue weighted by Gasteiger charge is 2.34. The maximum absolute atomic E-state index is 13.3. The lowest BCUT2D eigenvalue weighted by atomic mass is 10.2. The molecule has 0 aliphatic carbocycles. The minimum atomic E-state index is -4.63. The second kappa shape index (κ2) is 7.20. The van der Waals surface area contributed by atoms with Crippen LogP contribution in [0.5, 0.6) is 0 Å². The lowest BCUT2D eigenvalue weighted by molar-refractivity contribution is -0.141. The van der Waals surface area contributed by atoms with Crippen LogP contribution in [0.3, 0.4) is 0 Å². The molecule has 0 saturated heterocycles. The Bertz CT molecular complexity index is 1100. The zero-order valence-electron chi connectivity index (χ0n) is 13.8. The molecule has 4 rings (SSSR count). The van der Waals surface area contributed by atoms with E-state index in [1.807, 2.05) is 17.5 Å². The fourth-order valence-electron chi connectivity index (χ4n) is 2.27. The van der Waals surface area contributed by atoms with E-state index in [4.69, 9.17) is 5.84 Å². The quantitative estimate of drug-likeness (QED) is 0.396. The maximum atomic E-state index is 13.3. The number of rotatable bonds is 4. The average molecular weight is 421 g/mol. The van der Waals surface area contributed by atoms with Crippen LogP contribution in [-0.4, -0.2) is 29.8 Å². The Kier molecular flexibility index (Phi) is 4.73. The van der Waals surface area contributed by atoms with Gasteiger partial charge in [-0.05, 0) is 35.3 Å². The van der Waals surface area contributed by atoms with Gasteiger partial charge in [0.15, 0.2) is 11.6 Å². The number of pyridine rings is 1. The molecule has 0 aromatic carbocycles. The zero-order valence-corrected chi connectivity index (χ0v) is 15.5. The summed E-state index contributed by atoms with van der Waals surface area (Å²) in [5.41, 5.74) is -0.644. The molecule has 0 aliphatic heterocycles. The van der Waals surface area contributed by atoms with E-state index in [1.165, 1.54) is 40.5 Å². The van der Waals surface area contributed by atoms with Gasteiger partial charge in [0.1, 0.15) is 10.7 Å². The predicted molar refractivity (Wildman–Crippen MR) is 97.9 cm³/mol. The van der Waals surface area contributed by atoms with Gasteiger partial charge in [0, 0.05) is 24.0 Å². The lowest BCUT2D eigenvalue weighted by Crippen LogP contribution is -2.12. The van der Waals surface area contributed by atoms with Gasteiger partial charge in [0.25, 0.3) is 0 Å². The van der Waals surface area contributed by atoms with Crippen LogP contribution in [0.2, 0.25) is 0 Å². The Hall–Kier alpha value is -2.99. The van der Waals surface area contributed by atoms with Gasteiger partial charge >= 0.3 is 6.18 Å². The second-order valence-corrected chi connectivity index (χ2v) is 7.34. The van der Waals surface area contributed by atoms with Gasteiger partial charge in [-0.15, -0.1) is 21.5 Å². The molecule has 0 bridgehead atoms. The van der Waals surface area contributed by atoms with Crippen molar-refractivity contribution in [2.24, 2.45) is 0 Å². The van der Waals surface area contributed by atoms with Crippen molar-refractivity contribution in [1.82, 2.24) is 29.8 Å². The highest BCUT2D eigenvalue weighted by Crippen LogP contribution is 2.34. The number of nitrogens with two attached hydrogens (primary N) is 1. The van der Waals surface area contributed by atoms with Crippen molar-refractivity contribution in [3.63, 3.8) is 0 Å². The van der Waals surface area contributed by atoms with Gasteiger partial charge in [0.05, 0.1) is 4.88 Å². The molecule has 4 aromatic heterocycles. The van der Waals surface area contributed by atoms with E-state index in [9.17, 15) is 13.2 Å². The van der Waals surface area contributed by atoms with Crippen molar-refractivity contribution >= 4 is 23.1 Å². The molecule has 0 atom stereocenters.